The number of carbonyl (C=O) groups excluding carboxylic acids is 1. The van der Waals surface area contributed by atoms with E-state index in [0.717, 1.165) is 32.1 Å². The normalized spacial score (nSPS) is 25.0. The number of carbonyl (C=O) groups is 1. The van der Waals surface area contributed by atoms with Gasteiger partial charge in [-0.1, -0.05) is 46.0 Å². The van der Waals surface area contributed by atoms with E-state index in [-0.39, 0.29) is 11.8 Å². The number of nitrogens with two attached hydrogens (primary N) is 1. The molecule has 0 radical (unpaired) electrons. The van der Waals surface area contributed by atoms with E-state index >= 15 is 0 Å². The predicted molar refractivity (Wildman–Crippen MR) is 80.9 cm³/mol. The molecule has 0 aromatic heterocycles. The molecule has 0 spiro atoms. The summed E-state index contributed by atoms with van der Waals surface area (Å²) in [6.45, 7) is 5.05. The Kier molecular flexibility index (Phi) is 8.11. The second kappa shape index (κ2) is 9.35. The zero-order valence-corrected chi connectivity index (χ0v) is 12.8. The average molecular weight is 268 g/mol. The predicted octanol–water partition coefficient (Wildman–Crippen LogP) is 3.23. The Labute approximate surface area is 118 Å². The van der Waals surface area contributed by atoms with E-state index in [1.807, 2.05) is 0 Å². The maximum Gasteiger partial charge on any atom is 0.223 e. The highest BCUT2D eigenvalue weighted by Crippen LogP contribution is 2.29. The van der Waals surface area contributed by atoms with E-state index in [0.29, 0.717) is 18.5 Å². The van der Waals surface area contributed by atoms with Crippen LogP contribution in [0.5, 0.6) is 0 Å². The van der Waals surface area contributed by atoms with Gasteiger partial charge in [-0.2, -0.15) is 0 Å². The maximum atomic E-state index is 12.4. The summed E-state index contributed by atoms with van der Waals surface area (Å²) in [6.07, 6.45) is 10.3. The van der Waals surface area contributed by atoms with Crippen LogP contribution in [0.15, 0.2) is 0 Å². The lowest BCUT2D eigenvalue weighted by Crippen LogP contribution is -2.43. The van der Waals surface area contributed by atoms with Gasteiger partial charge in [-0.15, -0.1) is 0 Å². The van der Waals surface area contributed by atoms with Crippen LogP contribution in [0.25, 0.3) is 0 Å². The summed E-state index contributed by atoms with van der Waals surface area (Å²) >= 11 is 0. The van der Waals surface area contributed by atoms with Gasteiger partial charge < -0.3 is 11.1 Å². The van der Waals surface area contributed by atoms with E-state index in [1.54, 1.807) is 0 Å². The number of nitrogens with one attached hydrogen (secondary N) is 1. The van der Waals surface area contributed by atoms with Crippen LogP contribution in [0.3, 0.4) is 0 Å². The molecule has 3 nitrogen and oxygen atoms in total. The van der Waals surface area contributed by atoms with Crippen LogP contribution >= 0.6 is 0 Å². The smallest absolute Gasteiger partial charge is 0.223 e. The number of hydrogen-bond acceptors (Lipinski definition) is 2. The number of amides is 1. The molecule has 0 aliphatic heterocycles. The van der Waals surface area contributed by atoms with Gasteiger partial charge in [0.25, 0.3) is 0 Å². The molecule has 0 saturated heterocycles. The first-order chi connectivity index (χ1) is 9.22. The second-order valence-electron chi connectivity index (χ2n) is 6.02. The topological polar surface area (TPSA) is 55.1 Å². The summed E-state index contributed by atoms with van der Waals surface area (Å²) < 4.78 is 0. The first-order valence-corrected chi connectivity index (χ1v) is 8.23. The minimum atomic E-state index is 0.166. The van der Waals surface area contributed by atoms with Crippen LogP contribution in [0.4, 0.5) is 0 Å². The van der Waals surface area contributed by atoms with Gasteiger partial charge in [0, 0.05) is 12.0 Å². The summed E-state index contributed by atoms with van der Waals surface area (Å²) in [6, 6.07) is 0.373. The van der Waals surface area contributed by atoms with Crippen LogP contribution in [-0.2, 0) is 4.79 Å². The van der Waals surface area contributed by atoms with Gasteiger partial charge in [-0.05, 0) is 38.1 Å². The van der Waals surface area contributed by atoms with Crippen molar-refractivity contribution >= 4 is 5.91 Å². The van der Waals surface area contributed by atoms with Crippen molar-refractivity contribution in [3.63, 3.8) is 0 Å². The lowest BCUT2D eigenvalue weighted by atomic mass is 9.78. The Morgan fingerprint density at radius 2 is 1.95 bits per heavy atom. The molecule has 0 heterocycles. The third-order valence-electron chi connectivity index (χ3n) is 4.44. The van der Waals surface area contributed by atoms with E-state index in [9.17, 15) is 4.79 Å². The fourth-order valence-corrected chi connectivity index (χ4v) is 3.23. The standard InChI is InChI=1S/C16H32N2O/c1-3-5-10-14(8-4-2)18-16(19)15-11-7-6-9-13(15)12-17/h13-15H,3-12,17H2,1-2H3,(H,18,19). The Balaban J connectivity index is 2.48. The molecular formula is C16H32N2O. The van der Waals surface area contributed by atoms with Gasteiger partial charge >= 0.3 is 0 Å². The highest BCUT2D eigenvalue weighted by Gasteiger charge is 2.30. The van der Waals surface area contributed by atoms with Crippen LogP contribution in [0.1, 0.15) is 71.6 Å². The zero-order chi connectivity index (χ0) is 14.1. The number of rotatable bonds is 8. The minimum absolute atomic E-state index is 0.166. The quantitative estimate of drug-likeness (QED) is 0.710. The molecule has 1 fully saturated rings. The third-order valence-corrected chi connectivity index (χ3v) is 4.44. The van der Waals surface area contributed by atoms with E-state index < -0.39 is 0 Å². The fraction of sp³-hybridized carbons (Fsp3) is 0.938. The largest absolute Gasteiger partial charge is 0.353 e. The molecule has 1 amide bonds. The van der Waals surface area contributed by atoms with Crippen molar-refractivity contribution in [2.24, 2.45) is 17.6 Å². The number of unbranched alkanes of at least 4 members (excludes halogenated alkanes) is 1. The van der Waals surface area contributed by atoms with Crippen LogP contribution < -0.4 is 11.1 Å². The fourth-order valence-electron chi connectivity index (χ4n) is 3.23. The van der Waals surface area contributed by atoms with Gasteiger partial charge in [0.1, 0.15) is 0 Å². The lowest BCUT2D eigenvalue weighted by Gasteiger charge is -2.31. The van der Waals surface area contributed by atoms with Crippen molar-refractivity contribution in [1.29, 1.82) is 0 Å². The second-order valence-corrected chi connectivity index (χ2v) is 6.02. The Morgan fingerprint density at radius 1 is 1.21 bits per heavy atom. The number of hydrogen-bond donors (Lipinski definition) is 2. The van der Waals surface area contributed by atoms with Crippen molar-refractivity contribution in [2.45, 2.75) is 77.7 Å². The maximum absolute atomic E-state index is 12.4. The molecule has 0 aromatic rings. The van der Waals surface area contributed by atoms with Gasteiger partial charge in [-0.3, -0.25) is 4.79 Å². The van der Waals surface area contributed by atoms with Gasteiger partial charge in [0.2, 0.25) is 5.91 Å². The molecule has 112 valence electrons. The third kappa shape index (κ3) is 5.52. The first-order valence-electron chi connectivity index (χ1n) is 8.23. The molecule has 3 heteroatoms. The molecule has 19 heavy (non-hydrogen) atoms. The molecular weight excluding hydrogens is 236 g/mol. The summed E-state index contributed by atoms with van der Waals surface area (Å²) in [4.78, 5) is 12.4. The van der Waals surface area contributed by atoms with Crippen molar-refractivity contribution in [2.75, 3.05) is 6.54 Å². The summed E-state index contributed by atoms with van der Waals surface area (Å²) in [5.74, 6) is 0.839. The molecule has 1 aliphatic rings. The Bertz CT molecular complexity index is 255. The van der Waals surface area contributed by atoms with Crippen LogP contribution in [-0.4, -0.2) is 18.5 Å². The van der Waals surface area contributed by atoms with E-state index in [4.69, 9.17) is 5.73 Å². The molecule has 1 saturated carbocycles. The van der Waals surface area contributed by atoms with Crippen molar-refractivity contribution in [1.82, 2.24) is 5.32 Å². The van der Waals surface area contributed by atoms with Gasteiger partial charge in [-0.25, -0.2) is 0 Å². The summed E-state index contributed by atoms with van der Waals surface area (Å²) in [5.41, 5.74) is 5.82. The van der Waals surface area contributed by atoms with E-state index in [2.05, 4.69) is 19.2 Å². The van der Waals surface area contributed by atoms with Crippen molar-refractivity contribution in [3.8, 4) is 0 Å². The molecule has 3 atom stereocenters. The van der Waals surface area contributed by atoms with Crippen molar-refractivity contribution < 1.29 is 4.79 Å². The van der Waals surface area contributed by atoms with Crippen LogP contribution in [0.2, 0.25) is 0 Å². The Hall–Kier alpha value is -0.570. The molecule has 1 rings (SSSR count). The summed E-state index contributed by atoms with van der Waals surface area (Å²) in [5, 5.41) is 3.29. The van der Waals surface area contributed by atoms with Gasteiger partial charge in [0.05, 0.1) is 0 Å². The highest BCUT2D eigenvalue weighted by molar-refractivity contribution is 5.79. The lowest BCUT2D eigenvalue weighted by molar-refractivity contribution is -0.128. The van der Waals surface area contributed by atoms with Crippen molar-refractivity contribution in [3.05, 3.63) is 0 Å². The van der Waals surface area contributed by atoms with Gasteiger partial charge in [0.15, 0.2) is 0 Å². The first kappa shape index (κ1) is 16.5. The minimum Gasteiger partial charge on any atom is -0.353 e. The van der Waals surface area contributed by atoms with E-state index in [1.165, 1.54) is 25.7 Å². The molecule has 1 aliphatic carbocycles. The van der Waals surface area contributed by atoms with Crippen LogP contribution in [0, 0.1) is 11.8 Å². The highest BCUT2D eigenvalue weighted by atomic mass is 16.1. The molecule has 0 bridgehead atoms. The average Bonchev–Trinajstić information content (AvgIpc) is 2.44. The zero-order valence-electron chi connectivity index (χ0n) is 12.8. The molecule has 0 aromatic carbocycles. The molecule has 3 unspecified atom stereocenters. The SMILES string of the molecule is CCCCC(CCC)NC(=O)C1CCCCC1CN. The monoisotopic (exact) mass is 268 g/mol. The molecule has 3 N–H and O–H groups in total. The Morgan fingerprint density at radius 3 is 2.58 bits per heavy atom. The summed E-state index contributed by atoms with van der Waals surface area (Å²) in [7, 11) is 0.